The van der Waals surface area contributed by atoms with Crippen molar-refractivity contribution >= 4 is 55.6 Å². The van der Waals surface area contributed by atoms with Gasteiger partial charge in [-0.15, -0.1) is 22.7 Å². The highest BCUT2D eigenvalue weighted by atomic mass is 32.2. The Morgan fingerprint density at radius 3 is 2.53 bits per heavy atom. The average Bonchev–Trinajstić information content (AvgIpc) is 3.29. The minimum atomic E-state index is -0.186. The van der Waals surface area contributed by atoms with Gasteiger partial charge in [-0.1, -0.05) is 24.6 Å². The normalized spacial score (nSPS) is 16.0. The first-order valence-corrected chi connectivity index (χ1v) is 13.8. The predicted molar refractivity (Wildman–Crippen MR) is 131 cm³/mol. The zero-order valence-electron chi connectivity index (χ0n) is 17.7. The van der Waals surface area contributed by atoms with Gasteiger partial charge in [-0.05, 0) is 62.5 Å². The highest BCUT2D eigenvalue weighted by molar-refractivity contribution is 7.99. The van der Waals surface area contributed by atoms with Crippen molar-refractivity contribution in [1.29, 1.82) is 5.26 Å². The number of nitriles is 1. The van der Waals surface area contributed by atoms with Gasteiger partial charge >= 0.3 is 0 Å². The summed E-state index contributed by atoms with van der Waals surface area (Å²) in [6, 6.07) is 2.31. The molecule has 3 aromatic rings. The number of thioether (sulfide) groups is 1. The third kappa shape index (κ3) is 4.24. The van der Waals surface area contributed by atoms with Crippen LogP contribution in [0.4, 0.5) is 5.00 Å². The van der Waals surface area contributed by atoms with Crippen molar-refractivity contribution in [2.45, 2.75) is 69.4 Å². The lowest BCUT2D eigenvalue weighted by molar-refractivity contribution is -0.113. The number of carbonyl (C=O) groups is 1. The number of rotatable bonds is 4. The van der Waals surface area contributed by atoms with Crippen LogP contribution in [-0.2, 0) is 30.5 Å². The SMILES string of the molecule is N#Cc1c(NC(=O)CSc2nc3sc4c(c3c(=O)[nH]2)CCCC4)sc2c1CCCCCC2. The summed E-state index contributed by atoms with van der Waals surface area (Å²) in [4.78, 5) is 36.1. The molecule has 0 spiro atoms. The van der Waals surface area contributed by atoms with Crippen molar-refractivity contribution < 1.29 is 4.79 Å². The molecule has 3 heterocycles. The number of hydrogen-bond donors (Lipinski definition) is 2. The Balaban J connectivity index is 1.30. The number of H-pyrrole nitrogens is 1. The first-order valence-electron chi connectivity index (χ1n) is 11.2. The van der Waals surface area contributed by atoms with Crippen LogP contribution in [-0.4, -0.2) is 21.6 Å². The molecule has 0 radical (unpaired) electrons. The summed E-state index contributed by atoms with van der Waals surface area (Å²) in [6.07, 6.45) is 10.8. The van der Waals surface area contributed by atoms with Crippen molar-refractivity contribution in [3.63, 3.8) is 0 Å². The molecule has 6 nitrogen and oxygen atoms in total. The van der Waals surface area contributed by atoms with E-state index in [0.717, 1.165) is 72.7 Å². The molecular weight excluding hydrogens is 460 g/mol. The minimum Gasteiger partial charge on any atom is -0.316 e. The first kappa shape index (κ1) is 21.7. The molecule has 0 bridgehead atoms. The zero-order chi connectivity index (χ0) is 22.1. The lowest BCUT2D eigenvalue weighted by atomic mass is 9.97. The molecule has 3 aromatic heterocycles. The number of fused-ring (bicyclic) bond motifs is 4. The van der Waals surface area contributed by atoms with Crippen molar-refractivity contribution in [1.82, 2.24) is 9.97 Å². The summed E-state index contributed by atoms with van der Waals surface area (Å²) in [5, 5.41) is 14.5. The number of thiophene rings is 2. The highest BCUT2D eigenvalue weighted by Crippen LogP contribution is 2.37. The van der Waals surface area contributed by atoms with Crippen LogP contribution < -0.4 is 10.9 Å². The van der Waals surface area contributed by atoms with Crippen molar-refractivity contribution in [3.05, 3.63) is 36.8 Å². The van der Waals surface area contributed by atoms with Gasteiger partial charge in [0.05, 0.1) is 16.7 Å². The van der Waals surface area contributed by atoms with Gasteiger partial charge in [0.15, 0.2) is 5.16 Å². The molecule has 32 heavy (non-hydrogen) atoms. The summed E-state index contributed by atoms with van der Waals surface area (Å²) < 4.78 is 0. The van der Waals surface area contributed by atoms with Crippen LogP contribution in [0.5, 0.6) is 0 Å². The van der Waals surface area contributed by atoms with Crippen molar-refractivity contribution in [3.8, 4) is 6.07 Å². The number of amides is 1. The molecule has 0 aromatic carbocycles. The lowest BCUT2D eigenvalue weighted by Gasteiger charge is -2.09. The fraction of sp³-hybridized carbons (Fsp3) is 0.478. The second-order valence-electron chi connectivity index (χ2n) is 8.33. The van der Waals surface area contributed by atoms with Gasteiger partial charge in [0.1, 0.15) is 15.9 Å². The molecule has 0 fully saturated rings. The molecule has 2 aliphatic rings. The average molecular weight is 485 g/mol. The predicted octanol–water partition coefficient (Wildman–Crippen LogP) is 5.19. The largest absolute Gasteiger partial charge is 0.316 e. The van der Waals surface area contributed by atoms with E-state index in [0.29, 0.717) is 15.7 Å². The molecule has 0 aliphatic heterocycles. The number of aryl methyl sites for hydroxylation is 3. The summed E-state index contributed by atoms with van der Waals surface area (Å²) in [6.45, 7) is 0. The molecule has 0 saturated carbocycles. The van der Waals surface area contributed by atoms with E-state index in [4.69, 9.17) is 0 Å². The number of hydrogen-bond acceptors (Lipinski definition) is 7. The van der Waals surface area contributed by atoms with Crippen molar-refractivity contribution in [2.24, 2.45) is 0 Å². The van der Waals surface area contributed by atoms with Crippen LogP contribution in [0.1, 0.15) is 65.0 Å². The standard InChI is InChI=1S/C23H24N4O2S3/c24-11-15-13-7-3-1-2-4-9-16(13)31-21(15)25-18(28)12-30-23-26-20(29)19-14-8-5-6-10-17(14)32-22(19)27-23/h1-10,12H2,(H,25,28)(H,26,27,29). The van der Waals surface area contributed by atoms with Crippen LogP contribution in [0.15, 0.2) is 9.95 Å². The third-order valence-corrected chi connectivity index (χ3v) is 9.45. The van der Waals surface area contributed by atoms with Crippen molar-refractivity contribution in [2.75, 3.05) is 11.1 Å². The maximum atomic E-state index is 12.7. The molecule has 2 N–H and O–H groups in total. The molecule has 1 amide bonds. The molecule has 0 unspecified atom stereocenters. The Morgan fingerprint density at radius 1 is 1.03 bits per heavy atom. The fourth-order valence-electron chi connectivity index (χ4n) is 4.63. The zero-order valence-corrected chi connectivity index (χ0v) is 20.2. The Hall–Kier alpha value is -2.15. The van der Waals surface area contributed by atoms with E-state index in [-0.39, 0.29) is 17.2 Å². The summed E-state index contributed by atoms with van der Waals surface area (Å²) in [7, 11) is 0. The monoisotopic (exact) mass is 484 g/mol. The van der Waals surface area contributed by atoms with Crippen LogP contribution in [0.2, 0.25) is 0 Å². The number of nitrogens with zero attached hydrogens (tertiary/aromatic N) is 2. The van der Waals surface area contributed by atoms with E-state index >= 15 is 0 Å². The molecule has 5 rings (SSSR count). The number of aromatic nitrogens is 2. The maximum absolute atomic E-state index is 12.7. The van der Waals surface area contributed by atoms with Gasteiger partial charge < -0.3 is 10.3 Å². The van der Waals surface area contributed by atoms with Crippen LogP contribution in [0.3, 0.4) is 0 Å². The van der Waals surface area contributed by atoms with Crippen LogP contribution >= 0.6 is 34.4 Å². The summed E-state index contributed by atoms with van der Waals surface area (Å²) >= 11 is 4.38. The second-order valence-corrected chi connectivity index (χ2v) is 11.5. The molecular formula is C23H24N4O2S3. The number of anilines is 1. The molecule has 2 aliphatic carbocycles. The Morgan fingerprint density at radius 2 is 1.72 bits per heavy atom. The smallest absolute Gasteiger partial charge is 0.260 e. The van der Waals surface area contributed by atoms with E-state index in [2.05, 4.69) is 21.4 Å². The van der Waals surface area contributed by atoms with E-state index < -0.39 is 0 Å². The minimum absolute atomic E-state index is 0.109. The number of aromatic amines is 1. The Bertz CT molecular complexity index is 1280. The highest BCUT2D eigenvalue weighted by Gasteiger charge is 2.22. The molecule has 0 saturated heterocycles. The second kappa shape index (κ2) is 9.38. The molecule has 0 atom stereocenters. The Kier molecular flexibility index (Phi) is 6.35. The summed E-state index contributed by atoms with van der Waals surface area (Å²) in [5.74, 6) is -0.0542. The molecule has 9 heteroatoms. The van der Waals surface area contributed by atoms with E-state index in [1.807, 2.05) is 0 Å². The first-order chi connectivity index (χ1) is 15.6. The number of nitrogens with one attached hydrogen (secondary N) is 2. The van der Waals surface area contributed by atoms with Gasteiger partial charge in [0, 0.05) is 9.75 Å². The van der Waals surface area contributed by atoms with Gasteiger partial charge in [-0.25, -0.2) is 4.98 Å². The third-order valence-electron chi connectivity index (χ3n) is 6.18. The van der Waals surface area contributed by atoms with Gasteiger partial charge in [-0.3, -0.25) is 9.59 Å². The fourth-order valence-corrected chi connectivity index (χ4v) is 7.87. The summed E-state index contributed by atoms with van der Waals surface area (Å²) in [5.41, 5.74) is 2.80. The van der Waals surface area contributed by atoms with Gasteiger partial charge in [0.2, 0.25) is 5.91 Å². The quantitative estimate of drug-likeness (QED) is 0.392. The number of carbonyl (C=O) groups excluding carboxylic acids is 1. The maximum Gasteiger partial charge on any atom is 0.260 e. The van der Waals surface area contributed by atoms with Crippen LogP contribution in [0, 0.1) is 11.3 Å². The van der Waals surface area contributed by atoms with Gasteiger partial charge in [-0.2, -0.15) is 5.26 Å². The molecule has 166 valence electrons. The van der Waals surface area contributed by atoms with E-state index in [1.165, 1.54) is 34.4 Å². The van der Waals surface area contributed by atoms with Gasteiger partial charge in [0.25, 0.3) is 5.56 Å². The Labute approximate surface area is 198 Å². The lowest BCUT2D eigenvalue weighted by Crippen LogP contribution is -2.15. The van der Waals surface area contributed by atoms with Crippen LogP contribution in [0.25, 0.3) is 10.2 Å². The van der Waals surface area contributed by atoms with E-state index in [9.17, 15) is 14.9 Å². The van der Waals surface area contributed by atoms with E-state index in [1.54, 1.807) is 22.7 Å². The topological polar surface area (TPSA) is 98.6 Å².